The van der Waals surface area contributed by atoms with Gasteiger partial charge in [0.05, 0.1) is 19.2 Å². The highest BCUT2D eigenvalue weighted by Gasteiger charge is 2.26. The molecule has 6 nitrogen and oxygen atoms in total. The predicted octanol–water partition coefficient (Wildman–Crippen LogP) is 4.01. The molecule has 0 aromatic heterocycles. The van der Waals surface area contributed by atoms with Gasteiger partial charge in [0.1, 0.15) is 0 Å². The van der Waals surface area contributed by atoms with Crippen molar-refractivity contribution < 1.29 is 14.3 Å². The van der Waals surface area contributed by atoms with Crippen molar-refractivity contribution >= 4 is 46.9 Å². The Morgan fingerprint density at radius 1 is 1.33 bits per heavy atom. The summed E-state index contributed by atoms with van der Waals surface area (Å²) < 4.78 is 4.88. The Morgan fingerprint density at radius 3 is 2.81 bits per heavy atom. The van der Waals surface area contributed by atoms with Crippen molar-refractivity contribution in [3.05, 3.63) is 52.5 Å². The third-order valence-electron chi connectivity index (χ3n) is 4.40. The smallest absolute Gasteiger partial charge is 0.414 e. The number of halogens is 1. The van der Waals surface area contributed by atoms with E-state index in [-0.39, 0.29) is 12.3 Å². The molecule has 2 amide bonds. The highest BCUT2D eigenvalue weighted by Crippen LogP contribution is 2.37. The molecule has 0 radical (unpaired) electrons. The fraction of sp³-hybridized carbons (Fsp3) is 0.263. The van der Waals surface area contributed by atoms with E-state index in [1.165, 1.54) is 7.11 Å². The Hall–Kier alpha value is -2.22. The molecule has 0 bridgehead atoms. The van der Waals surface area contributed by atoms with Crippen LogP contribution in [0.25, 0.3) is 0 Å². The quantitative estimate of drug-likeness (QED) is 0.751. The fourth-order valence-electron chi connectivity index (χ4n) is 3.15. The van der Waals surface area contributed by atoms with Gasteiger partial charge in [-0.05, 0) is 54.1 Å². The van der Waals surface area contributed by atoms with E-state index in [4.69, 9.17) is 21.5 Å². The SMILES string of the molecule is COC(=O)N1CCCc2c(SN)cc(NC(=O)Cc3ccccc3Cl)cc21. The van der Waals surface area contributed by atoms with Gasteiger partial charge in [0.25, 0.3) is 0 Å². The van der Waals surface area contributed by atoms with Gasteiger partial charge in [-0.15, -0.1) is 0 Å². The largest absolute Gasteiger partial charge is 0.452 e. The van der Waals surface area contributed by atoms with Crippen LogP contribution in [0.1, 0.15) is 17.5 Å². The van der Waals surface area contributed by atoms with Crippen LogP contribution in [0, 0.1) is 0 Å². The number of nitrogens with zero attached hydrogens (tertiary/aromatic N) is 1. The monoisotopic (exact) mass is 405 g/mol. The van der Waals surface area contributed by atoms with E-state index in [1.54, 1.807) is 17.0 Å². The van der Waals surface area contributed by atoms with E-state index in [2.05, 4.69) is 5.32 Å². The second-order valence-corrected chi connectivity index (χ2v) is 7.21. The van der Waals surface area contributed by atoms with E-state index in [0.29, 0.717) is 17.3 Å². The van der Waals surface area contributed by atoms with E-state index >= 15 is 0 Å². The molecule has 2 aromatic carbocycles. The molecule has 27 heavy (non-hydrogen) atoms. The number of amides is 2. The topological polar surface area (TPSA) is 84.7 Å². The molecule has 1 heterocycles. The minimum atomic E-state index is -0.427. The number of fused-ring (bicyclic) bond motifs is 1. The van der Waals surface area contributed by atoms with Crippen molar-refractivity contribution in [1.82, 2.24) is 0 Å². The van der Waals surface area contributed by atoms with Gasteiger partial charge in [0.15, 0.2) is 0 Å². The number of carbonyl (C=O) groups is 2. The number of nitrogens with one attached hydrogen (secondary N) is 1. The molecule has 1 aliphatic heterocycles. The lowest BCUT2D eigenvalue weighted by molar-refractivity contribution is -0.115. The molecule has 0 aliphatic carbocycles. The molecule has 8 heteroatoms. The van der Waals surface area contributed by atoms with Crippen molar-refractivity contribution in [3.8, 4) is 0 Å². The van der Waals surface area contributed by atoms with Crippen LogP contribution >= 0.6 is 23.5 Å². The maximum Gasteiger partial charge on any atom is 0.414 e. The average molecular weight is 406 g/mol. The van der Waals surface area contributed by atoms with Crippen LogP contribution in [0.3, 0.4) is 0 Å². The molecule has 3 rings (SSSR count). The zero-order valence-corrected chi connectivity index (χ0v) is 16.4. The Labute approximate surface area is 167 Å². The van der Waals surface area contributed by atoms with Gasteiger partial charge < -0.3 is 10.1 Å². The number of hydrogen-bond acceptors (Lipinski definition) is 5. The number of carbonyl (C=O) groups excluding carboxylic acids is 2. The first-order chi connectivity index (χ1) is 13.0. The number of anilines is 2. The minimum absolute atomic E-state index is 0.155. The van der Waals surface area contributed by atoms with Gasteiger partial charge in [0.2, 0.25) is 5.91 Å². The Bertz CT molecular complexity index is 875. The minimum Gasteiger partial charge on any atom is -0.452 e. The van der Waals surface area contributed by atoms with Crippen LogP contribution in [-0.2, 0) is 22.4 Å². The second-order valence-electron chi connectivity index (χ2n) is 6.13. The third kappa shape index (κ3) is 4.37. The first-order valence-corrected chi connectivity index (χ1v) is 9.71. The second kappa shape index (κ2) is 8.65. The number of methoxy groups -OCH3 is 1. The molecule has 1 aliphatic rings. The maximum absolute atomic E-state index is 12.5. The normalized spacial score (nSPS) is 13.1. The van der Waals surface area contributed by atoms with Crippen molar-refractivity contribution in [1.29, 1.82) is 0 Å². The number of nitrogens with two attached hydrogens (primary N) is 1. The van der Waals surface area contributed by atoms with Crippen LogP contribution in [-0.4, -0.2) is 25.7 Å². The fourth-order valence-corrected chi connectivity index (χ4v) is 3.90. The van der Waals surface area contributed by atoms with Crippen molar-refractivity contribution in [3.63, 3.8) is 0 Å². The Kier molecular flexibility index (Phi) is 6.26. The number of ether oxygens (including phenoxy) is 1. The van der Waals surface area contributed by atoms with Gasteiger partial charge in [-0.2, -0.15) is 0 Å². The summed E-state index contributed by atoms with van der Waals surface area (Å²) in [7, 11) is 1.35. The standard InChI is InChI=1S/C19H20ClN3O3S/c1-26-19(25)23-8-4-6-14-16(23)10-13(11-17(14)27-21)22-18(24)9-12-5-2-3-7-15(12)20/h2-3,5,7,10-11H,4,6,8-9,21H2,1H3,(H,22,24). The molecule has 0 unspecified atom stereocenters. The highest BCUT2D eigenvalue weighted by molar-refractivity contribution is 7.97. The Balaban J connectivity index is 1.87. The number of rotatable bonds is 4. The molecule has 2 aromatic rings. The molecule has 142 valence electrons. The molecular weight excluding hydrogens is 386 g/mol. The first-order valence-electron chi connectivity index (χ1n) is 8.46. The summed E-state index contributed by atoms with van der Waals surface area (Å²) in [5.74, 6) is -0.198. The Morgan fingerprint density at radius 2 is 2.11 bits per heavy atom. The summed E-state index contributed by atoms with van der Waals surface area (Å²) >= 11 is 7.23. The van der Waals surface area contributed by atoms with Crippen LogP contribution in [0.2, 0.25) is 5.02 Å². The molecule has 0 spiro atoms. The van der Waals surface area contributed by atoms with Crippen LogP contribution in [0.15, 0.2) is 41.3 Å². The molecule has 0 fully saturated rings. The predicted molar refractivity (Wildman–Crippen MR) is 108 cm³/mol. The lowest BCUT2D eigenvalue weighted by Crippen LogP contribution is -2.35. The summed E-state index contributed by atoms with van der Waals surface area (Å²) in [6.45, 7) is 0.561. The van der Waals surface area contributed by atoms with Crippen molar-refractivity contribution in [2.45, 2.75) is 24.2 Å². The molecular formula is C19H20ClN3O3S. The molecule has 0 atom stereocenters. The zero-order valence-electron chi connectivity index (χ0n) is 14.8. The molecule has 0 saturated carbocycles. The zero-order chi connectivity index (χ0) is 19.4. The van der Waals surface area contributed by atoms with Crippen LogP contribution < -0.4 is 15.4 Å². The lowest BCUT2D eigenvalue weighted by Gasteiger charge is -2.30. The van der Waals surface area contributed by atoms with Gasteiger partial charge in [-0.25, -0.2) is 4.79 Å². The number of benzene rings is 2. The third-order valence-corrected chi connectivity index (χ3v) is 5.39. The van der Waals surface area contributed by atoms with Crippen molar-refractivity contribution in [2.75, 3.05) is 23.9 Å². The molecule has 3 N–H and O–H groups in total. The van der Waals surface area contributed by atoms with Crippen LogP contribution in [0.5, 0.6) is 0 Å². The van der Waals surface area contributed by atoms with E-state index in [9.17, 15) is 9.59 Å². The summed E-state index contributed by atoms with van der Waals surface area (Å²) in [6.07, 6.45) is 1.37. The average Bonchev–Trinajstić information content (AvgIpc) is 2.68. The molecule has 0 saturated heterocycles. The lowest BCUT2D eigenvalue weighted by atomic mass is 10.0. The van der Waals surface area contributed by atoms with Gasteiger partial charge >= 0.3 is 6.09 Å². The van der Waals surface area contributed by atoms with Gasteiger partial charge in [-0.3, -0.25) is 14.8 Å². The van der Waals surface area contributed by atoms with Crippen LogP contribution in [0.4, 0.5) is 16.2 Å². The van der Waals surface area contributed by atoms with E-state index < -0.39 is 6.09 Å². The van der Waals surface area contributed by atoms with Gasteiger partial charge in [0, 0.05) is 22.2 Å². The van der Waals surface area contributed by atoms with E-state index in [0.717, 1.165) is 46.5 Å². The summed E-state index contributed by atoms with van der Waals surface area (Å²) in [5.41, 5.74) is 3.04. The first kappa shape index (κ1) is 19.5. The number of hydrogen-bond donors (Lipinski definition) is 2. The summed E-state index contributed by atoms with van der Waals surface area (Å²) in [4.78, 5) is 27.0. The summed E-state index contributed by atoms with van der Waals surface area (Å²) in [6, 6.07) is 10.8. The van der Waals surface area contributed by atoms with Gasteiger partial charge in [-0.1, -0.05) is 29.8 Å². The highest BCUT2D eigenvalue weighted by atomic mass is 35.5. The van der Waals surface area contributed by atoms with E-state index in [1.807, 2.05) is 24.3 Å². The van der Waals surface area contributed by atoms with Crippen molar-refractivity contribution in [2.24, 2.45) is 5.14 Å². The maximum atomic E-state index is 12.5. The summed E-state index contributed by atoms with van der Waals surface area (Å²) in [5, 5.41) is 9.25.